The number of rotatable bonds is 6. The van der Waals surface area contributed by atoms with Crippen molar-refractivity contribution in [2.75, 3.05) is 13.1 Å². The Morgan fingerprint density at radius 1 is 1.21 bits per heavy atom. The van der Waals surface area contributed by atoms with Gasteiger partial charge in [-0.2, -0.15) is 13.2 Å². The van der Waals surface area contributed by atoms with E-state index in [1.165, 1.54) is 24.3 Å². The van der Waals surface area contributed by atoms with Crippen molar-refractivity contribution in [2.45, 2.75) is 48.0 Å². The first-order valence-electron chi connectivity index (χ1n) is 8.99. The van der Waals surface area contributed by atoms with Gasteiger partial charge < -0.3 is 10.6 Å². The molecule has 1 aliphatic carbocycles. The maximum absolute atomic E-state index is 12.6. The van der Waals surface area contributed by atoms with E-state index in [9.17, 15) is 27.6 Å². The number of thioether (sulfide) groups is 1. The van der Waals surface area contributed by atoms with Crippen LogP contribution in [0.15, 0.2) is 29.2 Å². The van der Waals surface area contributed by atoms with Crippen LogP contribution in [0.3, 0.4) is 0 Å². The van der Waals surface area contributed by atoms with Crippen LogP contribution in [0, 0.1) is 0 Å². The summed E-state index contributed by atoms with van der Waals surface area (Å²) < 4.78 is 37.9. The summed E-state index contributed by atoms with van der Waals surface area (Å²) in [6, 6.07) is 5.06. The largest absolute Gasteiger partial charge is 0.446 e. The summed E-state index contributed by atoms with van der Waals surface area (Å²) in [5.74, 6) is -0.856. The van der Waals surface area contributed by atoms with Crippen molar-refractivity contribution in [3.8, 4) is 0 Å². The molecular formula is C18H20F3N3O3S. The summed E-state index contributed by atoms with van der Waals surface area (Å²) >= 11 is -0.340. The van der Waals surface area contributed by atoms with Gasteiger partial charge in [-0.25, -0.2) is 4.79 Å². The second kappa shape index (κ2) is 8.02. The van der Waals surface area contributed by atoms with Crippen LogP contribution in [-0.4, -0.2) is 46.9 Å². The van der Waals surface area contributed by atoms with Gasteiger partial charge in [-0.15, -0.1) is 0 Å². The molecule has 2 N–H and O–H groups in total. The monoisotopic (exact) mass is 415 g/mol. The molecule has 28 heavy (non-hydrogen) atoms. The molecule has 1 aromatic carbocycles. The van der Waals surface area contributed by atoms with Crippen molar-refractivity contribution < 1.29 is 27.6 Å². The predicted molar refractivity (Wildman–Crippen MR) is 96.7 cm³/mol. The fourth-order valence-electron chi connectivity index (χ4n) is 3.60. The average Bonchev–Trinajstić information content (AvgIpc) is 3.17. The summed E-state index contributed by atoms with van der Waals surface area (Å²) in [5.41, 5.74) is -5.32. The highest BCUT2D eigenvalue weighted by molar-refractivity contribution is 8.00. The first kappa shape index (κ1) is 20.5. The Morgan fingerprint density at radius 3 is 2.57 bits per heavy atom. The number of benzene rings is 1. The standard InChI is InChI=1S/C18H20F3N3O3S/c19-18(20,21)28-13-7-2-1-6-12(13)14(25)22-10-5-11-24-15(26)17(23-16(24)27)8-3-4-9-17/h1-2,6-7H,3-5,8-11H2,(H,22,25)(H,23,27). The number of amides is 4. The molecule has 0 unspecified atom stereocenters. The smallest absolute Gasteiger partial charge is 0.352 e. The molecule has 6 nitrogen and oxygen atoms in total. The Morgan fingerprint density at radius 2 is 1.89 bits per heavy atom. The summed E-state index contributed by atoms with van der Waals surface area (Å²) in [5, 5.41) is 5.33. The first-order chi connectivity index (χ1) is 13.2. The Labute approximate surface area is 164 Å². The number of hydrogen-bond donors (Lipinski definition) is 2. The molecule has 0 aromatic heterocycles. The van der Waals surface area contributed by atoms with Gasteiger partial charge in [0.05, 0.1) is 5.56 Å². The fourth-order valence-corrected chi connectivity index (χ4v) is 4.27. The number of carbonyl (C=O) groups is 3. The Hall–Kier alpha value is -2.23. The minimum Gasteiger partial charge on any atom is -0.352 e. The third-order valence-electron chi connectivity index (χ3n) is 4.90. The van der Waals surface area contributed by atoms with E-state index in [2.05, 4.69) is 10.6 Å². The SMILES string of the molecule is O=C(NCCCN1C(=O)NC2(CCCC2)C1=O)c1ccccc1SC(F)(F)F. The maximum atomic E-state index is 12.6. The first-order valence-corrected chi connectivity index (χ1v) is 9.81. The van der Waals surface area contributed by atoms with Crippen molar-refractivity contribution in [2.24, 2.45) is 0 Å². The molecule has 1 saturated heterocycles. The van der Waals surface area contributed by atoms with Crippen molar-refractivity contribution >= 4 is 29.6 Å². The second-order valence-corrected chi connectivity index (χ2v) is 7.94. The fraction of sp³-hybridized carbons (Fsp3) is 0.500. The molecule has 1 spiro atoms. The third kappa shape index (κ3) is 4.43. The van der Waals surface area contributed by atoms with Crippen molar-refractivity contribution in [3.63, 3.8) is 0 Å². The summed E-state index contributed by atoms with van der Waals surface area (Å²) in [7, 11) is 0. The molecule has 3 rings (SSSR count). The summed E-state index contributed by atoms with van der Waals surface area (Å²) in [4.78, 5) is 37.8. The Kier molecular flexibility index (Phi) is 5.87. The Balaban J connectivity index is 1.51. The van der Waals surface area contributed by atoms with E-state index in [1.807, 2.05) is 0 Å². The van der Waals surface area contributed by atoms with Crippen LogP contribution in [-0.2, 0) is 4.79 Å². The highest BCUT2D eigenvalue weighted by Crippen LogP contribution is 2.38. The molecule has 2 fully saturated rings. The van der Waals surface area contributed by atoms with Gasteiger partial charge in [0.25, 0.3) is 11.8 Å². The van der Waals surface area contributed by atoms with Crippen LogP contribution in [0.25, 0.3) is 0 Å². The molecule has 1 aliphatic heterocycles. The molecule has 4 amide bonds. The molecule has 0 atom stereocenters. The predicted octanol–water partition coefficient (Wildman–Crippen LogP) is 3.28. The maximum Gasteiger partial charge on any atom is 0.446 e. The number of alkyl halides is 3. The van der Waals surface area contributed by atoms with E-state index < -0.39 is 23.0 Å². The van der Waals surface area contributed by atoms with Crippen LogP contribution >= 0.6 is 11.8 Å². The van der Waals surface area contributed by atoms with E-state index >= 15 is 0 Å². The van der Waals surface area contributed by atoms with Crippen LogP contribution in [0.4, 0.5) is 18.0 Å². The molecule has 1 saturated carbocycles. The van der Waals surface area contributed by atoms with Gasteiger partial charge in [-0.3, -0.25) is 14.5 Å². The second-order valence-electron chi connectivity index (χ2n) is 6.83. The summed E-state index contributed by atoms with van der Waals surface area (Å²) in [6.07, 6.45) is 3.38. The molecule has 152 valence electrons. The average molecular weight is 415 g/mol. The van der Waals surface area contributed by atoms with E-state index in [4.69, 9.17) is 0 Å². The number of nitrogens with zero attached hydrogens (tertiary/aromatic N) is 1. The van der Waals surface area contributed by atoms with E-state index in [1.54, 1.807) is 0 Å². The lowest BCUT2D eigenvalue weighted by atomic mass is 9.98. The number of imide groups is 1. The van der Waals surface area contributed by atoms with E-state index in [0.717, 1.165) is 17.7 Å². The minimum atomic E-state index is -4.49. The van der Waals surface area contributed by atoms with Gasteiger partial charge in [0.2, 0.25) is 0 Å². The van der Waals surface area contributed by atoms with Crippen molar-refractivity contribution in [1.29, 1.82) is 0 Å². The zero-order chi connectivity index (χ0) is 20.4. The van der Waals surface area contributed by atoms with Crippen LogP contribution in [0.1, 0.15) is 42.5 Å². The van der Waals surface area contributed by atoms with Gasteiger partial charge >= 0.3 is 11.5 Å². The highest BCUT2D eigenvalue weighted by Gasteiger charge is 2.52. The molecule has 10 heteroatoms. The molecule has 0 radical (unpaired) electrons. The van der Waals surface area contributed by atoms with Gasteiger partial charge in [0, 0.05) is 18.0 Å². The number of carbonyl (C=O) groups excluding carboxylic acids is 3. The number of urea groups is 1. The number of hydrogen-bond acceptors (Lipinski definition) is 4. The lowest BCUT2D eigenvalue weighted by molar-refractivity contribution is -0.131. The molecule has 1 heterocycles. The van der Waals surface area contributed by atoms with Crippen LogP contribution in [0.5, 0.6) is 0 Å². The Bertz CT molecular complexity index is 779. The topological polar surface area (TPSA) is 78.5 Å². The zero-order valence-corrected chi connectivity index (χ0v) is 15.8. The van der Waals surface area contributed by atoms with E-state index in [0.29, 0.717) is 19.3 Å². The van der Waals surface area contributed by atoms with E-state index in [-0.39, 0.29) is 41.2 Å². The molecule has 1 aromatic rings. The number of halogens is 3. The highest BCUT2D eigenvalue weighted by atomic mass is 32.2. The summed E-state index contributed by atoms with van der Waals surface area (Å²) in [6.45, 7) is 0.277. The van der Waals surface area contributed by atoms with Crippen LogP contribution in [0.2, 0.25) is 0 Å². The molecular weight excluding hydrogens is 395 g/mol. The van der Waals surface area contributed by atoms with Gasteiger partial charge in [-0.1, -0.05) is 25.0 Å². The van der Waals surface area contributed by atoms with Gasteiger partial charge in [0.15, 0.2) is 0 Å². The van der Waals surface area contributed by atoms with Crippen molar-refractivity contribution in [3.05, 3.63) is 29.8 Å². The van der Waals surface area contributed by atoms with Gasteiger partial charge in [-0.05, 0) is 43.2 Å². The zero-order valence-electron chi connectivity index (χ0n) is 15.0. The normalized spacial score (nSPS) is 18.6. The molecule has 0 bridgehead atoms. The van der Waals surface area contributed by atoms with Gasteiger partial charge in [0.1, 0.15) is 5.54 Å². The number of nitrogens with one attached hydrogen (secondary N) is 2. The third-order valence-corrected chi connectivity index (χ3v) is 5.71. The quantitative estimate of drug-likeness (QED) is 0.425. The molecule has 2 aliphatic rings. The minimum absolute atomic E-state index is 0.0651. The lowest BCUT2D eigenvalue weighted by Crippen LogP contribution is -2.44. The lowest BCUT2D eigenvalue weighted by Gasteiger charge is -2.20. The van der Waals surface area contributed by atoms with Crippen LogP contribution < -0.4 is 10.6 Å². The van der Waals surface area contributed by atoms with Crippen molar-refractivity contribution in [1.82, 2.24) is 15.5 Å².